The van der Waals surface area contributed by atoms with Gasteiger partial charge in [-0.25, -0.2) is 0 Å². The van der Waals surface area contributed by atoms with Crippen LogP contribution in [0.25, 0.3) is 10.8 Å². The normalized spacial score (nSPS) is 11.5. The molecule has 2 rings (SSSR count). The summed E-state index contributed by atoms with van der Waals surface area (Å²) < 4.78 is 0. The maximum absolute atomic E-state index is 5.56. The van der Waals surface area contributed by atoms with Gasteiger partial charge in [0, 0.05) is 6.54 Å². The van der Waals surface area contributed by atoms with E-state index in [-0.39, 0.29) is 0 Å². The van der Waals surface area contributed by atoms with E-state index in [2.05, 4.69) is 47.0 Å². The minimum absolute atomic E-state index is 0.810. The molecule has 192 valence electrons. The molecule has 0 aliphatic heterocycles. The number of unbranched alkanes of at least 4 members (excludes halogenated alkanes) is 10. The average molecular weight is 469 g/mol. The molecule has 2 aromatic carbocycles. The highest BCUT2D eigenvalue weighted by molar-refractivity contribution is 5.88. The third kappa shape index (κ3) is 12.3. The number of nitrogens with one attached hydrogen (secondary N) is 2. The zero-order chi connectivity index (χ0) is 24.1. The second kappa shape index (κ2) is 19.8. The quantitative estimate of drug-likeness (QED) is 0.159. The molecule has 0 aliphatic rings. The van der Waals surface area contributed by atoms with E-state index < -0.39 is 0 Å². The van der Waals surface area contributed by atoms with Gasteiger partial charge in [0.05, 0.1) is 0 Å². The van der Waals surface area contributed by atoms with Crippen molar-refractivity contribution in [3.8, 4) is 0 Å². The third-order valence-corrected chi connectivity index (χ3v) is 6.84. The molecule has 34 heavy (non-hydrogen) atoms. The summed E-state index contributed by atoms with van der Waals surface area (Å²) >= 11 is 0. The van der Waals surface area contributed by atoms with Crippen LogP contribution in [0.2, 0.25) is 0 Å². The van der Waals surface area contributed by atoms with Crippen molar-refractivity contribution in [2.75, 3.05) is 32.7 Å². The van der Waals surface area contributed by atoms with Crippen LogP contribution >= 0.6 is 0 Å². The highest BCUT2D eigenvalue weighted by Crippen LogP contribution is 2.24. The first-order chi connectivity index (χ1) is 16.9. The largest absolute Gasteiger partial charge is 0.330 e. The zero-order valence-corrected chi connectivity index (χ0v) is 21.8. The van der Waals surface area contributed by atoms with Gasteiger partial charge >= 0.3 is 0 Å². The van der Waals surface area contributed by atoms with Gasteiger partial charge in [-0.05, 0) is 99.6 Å². The lowest BCUT2D eigenvalue weighted by atomic mass is 9.96. The van der Waals surface area contributed by atoms with Crippen LogP contribution in [0.1, 0.15) is 94.6 Å². The number of benzene rings is 2. The Morgan fingerprint density at radius 2 is 0.941 bits per heavy atom. The topological polar surface area (TPSA) is 76.1 Å². The Hall–Kier alpha value is -1.46. The molecule has 0 bridgehead atoms. The van der Waals surface area contributed by atoms with Crippen molar-refractivity contribution in [2.24, 2.45) is 11.5 Å². The molecule has 0 saturated heterocycles. The van der Waals surface area contributed by atoms with Crippen LogP contribution in [0, 0.1) is 0 Å². The molecular formula is C30H52N4. The minimum Gasteiger partial charge on any atom is -0.330 e. The monoisotopic (exact) mass is 468 g/mol. The predicted octanol–water partition coefficient (Wildman–Crippen LogP) is 6.05. The lowest BCUT2D eigenvalue weighted by Gasteiger charge is -2.12. The number of fused-ring (bicyclic) bond motifs is 1. The first kappa shape index (κ1) is 28.8. The number of hydrogen-bond donors (Lipinski definition) is 4. The highest BCUT2D eigenvalue weighted by Gasteiger charge is 2.06. The van der Waals surface area contributed by atoms with E-state index in [9.17, 15) is 0 Å². The average Bonchev–Trinajstić information content (AvgIpc) is 2.87. The Morgan fingerprint density at radius 3 is 1.62 bits per heavy atom. The van der Waals surface area contributed by atoms with Gasteiger partial charge in [-0.1, -0.05) is 81.3 Å². The summed E-state index contributed by atoms with van der Waals surface area (Å²) in [6.07, 6.45) is 17.9. The molecule has 0 unspecified atom stereocenters. The van der Waals surface area contributed by atoms with E-state index >= 15 is 0 Å². The summed E-state index contributed by atoms with van der Waals surface area (Å²) in [6, 6.07) is 13.7. The number of rotatable bonds is 22. The summed E-state index contributed by atoms with van der Waals surface area (Å²) in [5.74, 6) is 0. The highest BCUT2D eigenvalue weighted by atomic mass is 14.8. The van der Waals surface area contributed by atoms with Gasteiger partial charge in [0.1, 0.15) is 0 Å². The smallest absolute Gasteiger partial charge is 0.0211 e. The third-order valence-electron chi connectivity index (χ3n) is 6.84. The van der Waals surface area contributed by atoms with Gasteiger partial charge in [0.2, 0.25) is 0 Å². The molecule has 6 N–H and O–H groups in total. The van der Waals surface area contributed by atoms with Gasteiger partial charge in [-0.15, -0.1) is 0 Å². The number of hydrogen-bond acceptors (Lipinski definition) is 4. The van der Waals surface area contributed by atoms with Gasteiger partial charge < -0.3 is 22.1 Å². The van der Waals surface area contributed by atoms with Crippen molar-refractivity contribution in [3.05, 3.63) is 47.5 Å². The molecule has 0 amide bonds. The maximum Gasteiger partial charge on any atom is 0.0211 e. The van der Waals surface area contributed by atoms with Crippen LogP contribution in [-0.4, -0.2) is 32.7 Å². The second-order valence-corrected chi connectivity index (χ2v) is 9.78. The molecule has 4 heteroatoms. The van der Waals surface area contributed by atoms with Crippen molar-refractivity contribution in [3.63, 3.8) is 0 Å². The lowest BCUT2D eigenvalue weighted by Crippen LogP contribution is -2.17. The van der Waals surface area contributed by atoms with E-state index in [1.165, 1.54) is 105 Å². The molecule has 2 aromatic rings. The van der Waals surface area contributed by atoms with Crippen LogP contribution < -0.4 is 22.1 Å². The molecule has 4 nitrogen and oxygen atoms in total. The predicted molar refractivity (Wildman–Crippen MR) is 150 cm³/mol. The second-order valence-electron chi connectivity index (χ2n) is 9.78. The molecule has 0 aliphatic carbocycles. The van der Waals surface area contributed by atoms with Crippen LogP contribution in [0.15, 0.2) is 36.4 Å². The van der Waals surface area contributed by atoms with Gasteiger partial charge in [-0.2, -0.15) is 0 Å². The Kier molecular flexibility index (Phi) is 16.8. The van der Waals surface area contributed by atoms with Crippen molar-refractivity contribution in [1.82, 2.24) is 10.6 Å². The Balaban J connectivity index is 1.64. The fraction of sp³-hybridized carbons (Fsp3) is 0.667. The van der Waals surface area contributed by atoms with Gasteiger partial charge in [-0.3, -0.25) is 0 Å². The van der Waals surface area contributed by atoms with Crippen molar-refractivity contribution < 1.29 is 0 Å². The Bertz CT molecular complexity index is 683. The van der Waals surface area contributed by atoms with E-state index in [1.54, 1.807) is 0 Å². The Labute approximate surface area is 209 Å². The molecular weight excluding hydrogens is 416 g/mol. The zero-order valence-electron chi connectivity index (χ0n) is 21.8. The van der Waals surface area contributed by atoms with Crippen LogP contribution in [-0.2, 0) is 13.0 Å². The molecule has 0 atom stereocenters. The first-order valence-corrected chi connectivity index (χ1v) is 14.2. The summed E-state index contributed by atoms with van der Waals surface area (Å²) in [7, 11) is 0. The van der Waals surface area contributed by atoms with E-state index in [0.29, 0.717) is 0 Å². The minimum atomic E-state index is 0.810. The fourth-order valence-corrected chi connectivity index (χ4v) is 4.74. The number of nitrogens with two attached hydrogens (primary N) is 2. The van der Waals surface area contributed by atoms with Crippen LogP contribution in [0.4, 0.5) is 0 Å². The van der Waals surface area contributed by atoms with Crippen LogP contribution in [0.5, 0.6) is 0 Å². The van der Waals surface area contributed by atoms with Crippen molar-refractivity contribution in [2.45, 2.75) is 96.4 Å². The van der Waals surface area contributed by atoms with E-state index in [4.69, 9.17) is 11.5 Å². The summed E-state index contributed by atoms with van der Waals surface area (Å²) in [4.78, 5) is 0. The van der Waals surface area contributed by atoms with Crippen molar-refractivity contribution >= 4 is 10.8 Å². The summed E-state index contributed by atoms with van der Waals surface area (Å²) in [5, 5.41) is 10.1. The molecule has 0 heterocycles. The standard InChI is InChI=1S/C30H52N4/c31-21-11-5-2-1-3-6-14-25-34-26-28-20-19-27(29-17-9-10-18-30(28)29)16-8-4-7-13-23-33-24-15-12-22-32/h9-10,17-20,33-34H,1-8,11-16,21-26,31-32H2. The molecule has 0 fully saturated rings. The van der Waals surface area contributed by atoms with E-state index in [0.717, 1.165) is 45.7 Å². The molecule has 0 radical (unpaired) electrons. The van der Waals surface area contributed by atoms with Crippen LogP contribution in [0.3, 0.4) is 0 Å². The molecule has 0 spiro atoms. The van der Waals surface area contributed by atoms with Crippen molar-refractivity contribution in [1.29, 1.82) is 0 Å². The summed E-state index contributed by atoms with van der Waals surface area (Å²) in [5.41, 5.74) is 14.0. The van der Waals surface area contributed by atoms with Gasteiger partial charge in [0.15, 0.2) is 0 Å². The SMILES string of the molecule is NCCCCCCCCCNCc1ccc(CCCCCCNCCCCN)c2ccccc12. The Morgan fingerprint density at radius 1 is 0.471 bits per heavy atom. The van der Waals surface area contributed by atoms with Gasteiger partial charge in [0.25, 0.3) is 0 Å². The van der Waals surface area contributed by atoms with E-state index in [1.807, 2.05) is 0 Å². The maximum atomic E-state index is 5.56. The number of aryl methyl sites for hydroxylation is 1. The summed E-state index contributed by atoms with van der Waals surface area (Å²) in [6.45, 7) is 5.98. The lowest BCUT2D eigenvalue weighted by molar-refractivity contribution is 0.559. The molecule has 0 saturated carbocycles. The fourth-order valence-electron chi connectivity index (χ4n) is 4.74. The molecule has 0 aromatic heterocycles. The first-order valence-electron chi connectivity index (χ1n) is 14.2.